The van der Waals surface area contributed by atoms with E-state index in [1.165, 1.54) is 22.3 Å². The zero-order valence-electron chi connectivity index (χ0n) is 13.1. The second-order valence-corrected chi connectivity index (χ2v) is 7.22. The minimum Gasteiger partial charge on any atom is -0.221 e. The van der Waals surface area contributed by atoms with Crippen LogP contribution in [0.25, 0.3) is 0 Å². The Morgan fingerprint density at radius 2 is 1.38 bits per heavy atom. The van der Waals surface area contributed by atoms with Crippen LogP contribution in [0.3, 0.4) is 0 Å². The van der Waals surface area contributed by atoms with Crippen LogP contribution in [0.4, 0.5) is 0 Å². The zero-order valence-corrected chi connectivity index (χ0v) is 14.6. The van der Waals surface area contributed by atoms with E-state index in [1.54, 1.807) is 6.07 Å². The number of aryl methyl sites for hydroxylation is 2. The number of hydrogen-bond donors (Lipinski definition) is 0. The second kappa shape index (κ2) is 5.94. The van der Waals surface area contributed by atoms with Crippen molar-refractivity contribution in [2.24, 2.45) is 0 Å². The van der Waals surface area contributed by atoms with Gasteiger partial charge in [-0.1, -0.05) is 56.1 Å². The first-order valence-electron chi connectivity index (χ1n) is 6.96. The lowest BCUT2D eigenvalue weighted by Crippen LogP contribution is -2.13. The third-order valence-corrected chi connectivity index (χ3v) is 3.99. The molecule has 112 valence electrons. The molecule has 0 radical (unpaired) electrons. The van der Waals surface area contributed by atoms with Gasteiger partial charge < -0.3 is 0 Å². The van der Waals surface area contributed by atoms with Crippen molar-refractivity contribution in [2.75, 3.05) is 0 Å². The van der Waals surface area contributed by atoms with Crippen molar-refractivity contribution in [3.63, 3.8) is 0 Å². The van der Waals surface area contributed by atoms with Gasteiger partial charge >= 0.3 is 0 Å². The van der Waals surface area contributed by atoms with Crippen molar-refractivity contribution in [3.05, 3.63) is 56.6 Å². The zero-order chi connectivity index (χ0) is 15.8. The van der Waals surface area contributed by atoms with Crippen LogP contribution in [0.5, 0.6) is 0 Å². The fraction of sp³-hybridized carbons (Fsp3) is 0.412. The van der Waals surface area contributed by atoms with E-state index in [9.17, 15) is 0 Å². The predicted octanol–water partition coefficient (Wildman–Crippen LogP) is 5.29. The minimum absolute atomic E-state index is 0.143. The molecule has 0 aliphatic carbocycles. The summed E-state index contributed by atoms with van der Waals surface area (Å²) < 4.78 is 0. The highest BCUT2D eigenvalue weighted by Crippen LogP contribution is 2.28. The summed E-state index contributed by atoms with van der Waals surface area (Å²) in [6.07, 6.45) is 0.641. The normalized spacial score (nSPS) is 11.8. The lowest BCUT2D eigenvalue weighted by Gasteiger charge is -2.22. The molecule has 2 rings (SSSR count). The number of hydrogen-bond acceptors (Lipinski definition) is 2. The molecule has 2 nitrogen and oxygen atoms in total. The first-order valence-corrected chi connectivity index (χ1v) is 7.72. The molecule has 1 aromatic carbocycles. The Hall–Kier alpha value is -1.12. The smallest absolute Gasteiger partial charge is 0.136 e. The Balaban J connectivity index is 2.41. The fourth-order valence-electron chi connectivity index (χ4n) is 2.38. The maximum Gasteiger partial charge on any atom is 0.136 e. The Morgan fingerprint density at radius 3 is 1.81 bits per heavy atom. The number of benzene rings is 1. The summed E-state index contributed by atoms with van der Waals surface area (Å²) >= 11 is 11.9. The van der Waals surface area contributed by atoms with Crippen molar-refractivity contribution >= 4 is 23.2 Å². The van der Waals surface area contributed by atoms with Gasteiger partial charge in [0, 0.05) is 12.5 Å². The number of rotatable bonds is 2. The highest BCUT2D eigenvalue weighted by molar-refractivity contribution is 6.33. The molecule has 0 spiro atoms. The summed E-state index contributed by atoms with van der Waals surface area (Å²) in [4.78, 5) is 8.51. The third kappa shape index (κ3) is 3.96. The first-order chi connectivity index (χ1) is 9.66. The van der Waals surface area contributed by atoms with Crippen molar-refractivity contribution in [1.82, 2.24) is 9.97 Å². The van der Waals surface area contributed by atoms with E-state index in [4.69, 9.17) is 23.2 Å². The molecule has 2 aromatic rings. The van der Waals surface area contributed by atoms with E-state index in [0.29, 0.717) is 22.6 Å². The van der Waals surface area contributed by atoms with Gasteiger partial charge in [-0.2, -0.15) is 0 Å². The molecule has 0 atom stereocenters. The topological polar surface area (TPSA) is 25.8 Å². The van der Waals surface area contributed by atoms with Gasteiger partial charge in [0.2, 0.25) is 0 Å². The Morgan fingerprint density at radius 1 is 0.905 bits per heavy atom. The molecule has 0 bridgehead atoms. The van der Waals surface area contributed by atoms with E-state index in [0.717, 1.165) is 0 Å². The number of nitrogens with zero attached hydrogens (tertiary/aromatic N) is 2. The molecule has 0 aliphatic rings. The summed E-state index contributed by atoms with van der Waals surface area (Å²) in [5.41, 5.74) is 5.22. The Labute approximate surface area is 136 Å². The molecular weight excluding hydrogens is 303 g/mol. The molecule has 4 heteroatoms. The monoisotopic (exact) mass is 322 g/mol. The van der Waals surface area contributed by atoms with Gasteiger partial charge in [0.25, 0.3) is 0 Å². The summed E-state index contributed by atoms with van der Waals surface area (Å²) in [6, 6.07) is 6.04. The minimum atomic E-state index is 0.143. The van der Waals surface area contributed by atoms with Crippen LogP contribution in [-0.2, 0) is 11.8 Å². The molecule has 21 heavy (non-hydrogen) atoms. The number of halogens is 2. The van der Waals surface area contributed by atoms with Crippen LogP contribution in [0.1, 0.15) is 48.8 Å². The fourth-order valence-corrected chi connectivity index (χ4v) is 2.83. The summed E-state index contributed by atoms with van der Waals surface area (Å²) in [5.74, 6) is 0.655. The van der Waals surface area contributed by atoms with Gasteiger partial charge in [-0.15, -0.1) is 0 Å². The van der Waals surface area contributed by atoms with E-state index < -0.39 is 0 Å². The number of aromatic nitrogens is 2. The van der Waals surface area contributed by atoms with E-state index >= 15 is 0 Å². The van der Waals surface area contributed by atoms with Crippen molar-refractivity contribution in [2.45, 2.75) is 46.5 Å². The molecule has 0 N–H and O–H groups in total. The van der Waals surface area contributed by atoms with Crippen LogP contribution in [0, 0.1) is 13.8 Å². The average Bonchev–Trinajstić information content (AvgIpc) is 2.31. The standard InChI is InChI=1S/C17H20Cl2N2/c1-10-6-12(17(3,4)5)7-11(2)13(10)8-16-20-14(18)9-15(19)21-16/h6-7,9H,8H2,1-5H3. The Kier molecular flexibility index (Phi) is 4.60. The predicted molar refractivity (Wildman–Crippen MR) is 89.5 cm³/mol. The highest BCUT2D eigenvalue weighted by Gasteiger charge is 2.17. The van der Waals surface area contributed by atoms with Crippen LogP contribution < -0.4 is 0 Å². The van der Waals surface area contributed by atoms with Gasteiger partial charge in [0.15, 0.2) is 0 Å². The van der Waals surface area contributed by atoms with Crippen LogP contribution in [0.15, 0.2) is 18.2 Å². The van der Waals surface area contributed by atoms with Crippen LogP contribution in [-0.4, -0.2) is 9.97 Å². The summed E-state index contributed by atoms with van der Waals surface area (Å²) in [7, 11) is 0. The molecule has 0 fully saturated rings. The quantitative estimate of drug-likeness (QED) is 0.702. The lowest BCUT2D eigenvalue weighted by molar-refractivity contribution is 0.588. The van der Waals surface area contributed by atoms with Crippen molar-refractivity contribution in [1.29, 1.82) is 0 Å². The first kappa shape index (κ1) is 16.3. The maximum absolute atomic E-state index is 5.95. The third-order valence-electron chi connectivity index (χ3n) is 3.61. The van der Waals surface area contributed by atoms with Crippen LogP contribution >= 0.6 is 23.2 Å². The largest absolute Gasteiger partial charge is 0.221 e. The highest BCUT2D eigenvalue weighted by atomic mass is 35.5. The molecule has 1 heterocycles. The lowest BCUT2D eigenvalue weighted by atomic mass is 9.83. The second-order valence-electron chi connectivity index (χ2n) is 6.44. The van der Waals surface area contributed by atoms with Gasteiger partial charge in [-0.25, -0.2) is 9.97 Å². The van der Waals surface area contributed by atoms with E-state index in [1.807, 2.05) is 0 Å². The van der Waals surface area contributed by atoms with E-state index in [-0.39, 0.29) is 5.41 Å². The van der Waals surface area contributed by atoms with Gasteiger partial charge in [0.1, 0.15) is 16.1 Å². The maximum atomic E-state index is 5.95. The summed E-state index contributed by atoms with van der Waals surface area (Å²) in [6.45, 7) is 10.9. The molecule has 0 saturated heterocycles. The van der Waals surface area contributed by atoms with Gasteiger partial charge in [0.05, 0.1) is 0 Å². The molecule has 0 unspecified atom stereocenters. The SMILES string of the molecule is Cc1cc(C(C)(C)C)cc(C)c1Cc1nc(Cl)cc(Cl)n1. The molecular formula is C17H20Cl2N2. The molecule has 0 amide bonds. The molecule has 0 aliphatic heterocycles. The van der Waals surface area contributed by atoms with Gasteiger partial charge in [-0.05, 0) is 41.5 Å². The Bertz CT molecular complexity index is 630. The molecule has 0 saturated carbocycles. The van der Waals surface area contributed by atoms with Crippen LogP contribution in [0.2, 0.25) is 10.3 Å². The molecule has 1 aromatic heterocycles. The summed E-state index contributed by atoms with van der Waals surface area (Å²) in [5, 5.41) is 0.762. The average molecular weight is 323 g/mol. The van der Waals surface area contributed by atoms with Crippen molar-refractivity contribution < 1.29 is 0 Å². The van der Waals surface area contributed by atoms with E-state index in [2.05, 4.69) is 56.7 Å². The van der Waals surface area contributed by atoms with Crippen molar-refractivity contribution in [3.8, 4) is 0 Å². The van der Waals surface area contributed by atoms with Gasteiger partial charge in [-0.3, -0.25) is 0 Å².